The SMILES string of the molecule is COc1ccccc1C1CNCCN1C(=O)c1cccc2cn[nH]c12.Cl. The van der Waals surface area contributed by atoms with Crippen molar-refractivity contribution < 1.29 is 9.53 Å². The lowest BCUT2D eigenvalue weighted by Crippen LogP contribution is -2.48. The normalized spacial score (nSPS) is 17.0. The second-order valence-electron chi connectivity index (χ2n) is 6.10. The molecule has 2 aromatic carbocycles. The van der Waals surface area contributed by atoms with Crippen LogP contribution >= 0.6 is 12.4 Å². The first kappa shape index (κ1) is 18.2. The molecule has 1 aromatic heterocycles. The molecule has 0 saturated carbocycles. The van der Waals surface area contributed by atoms with Gasteiger partial charge in [-0.05, 0) is 12.1 Å². The van der Waals surface area contributed by atoms with Gasteiger partial charge in [0.1, 0.15) is 5.75 Å². The van der Waals surface area contributed by atoms with Gasteiger partial charge in [-0.3, -0.25) is 9.89 Å². The van der Waals surface area contributed by atoms with E-state index < -0.39 is 0 Å². The van der Waals surface area contributed by atoms with Crippen molar-refractivity contribution in [2.24, 2.45) is 0 Å². The molecule has 0 spiro atoms. The standard InChI is InChI=1S/C19H20N4O2.ClH/c1-25-17-8-3-2-6-14(17)16-12-20-9-10-23(16)19(24)15-7-4-5-13-11-21-22-18(13)15;/h2-8,11,16,20H,9-10,12H2,1H3,(H,21,22);1H. The van der Waals surface area contributed by atoms with E-state index in [-0.39, 0.29) is 24.4 Å². The van der Waals surface area contributed by atoms with Gasteiger partial charge in [-0.1, -0.05) is 30.3 Å². The van der Waals surface area contributed by atoms with Gasteiger partial charge in [0.05, 0.1) is 30.4 Å². The number of H-pyrrole nitrogens is 1. The van der Waals surface area contributed by atoms with Crippen molar-refractivity contribution in [3.8, 4) is 5.75 Å². The van der Waals surface area contributed by atoms with Gasteiger partial charge < -0.3 is 15.0 Å². The highest BCUT2D eigenvalue weighted by Crippen LogP contribution is 2.31. The van der Waals surface area contributed by atoms with E-state index in [1.165, 1.54) is 0 Å². The van der Waals surface area contributed by atoms with E-state index >= 15 is 0 Å². The minimum absolute atomic E-state index is 0. The van der Waals surface area contributed by atoms with Crippen LogP contribution in [0.5, 0.6) is 5.75 Å². The van der Waals surface area contributed by atoms with Crippen molar-refractivity contribution in [1.29, 1.82) is 0 Å². The third kappa shape index (κ3) is 3.13. The molecular formula is C19H21ClN4O2. The summed E-state index contributed by atoms with van der Waals surface area (Å²) in [6, 6.07) is 13.5. The number of carbonyl (C=O) groups is 1. The molecule has 1 atom stereocenters. The number of halogens is 1. The lowest BCUT2D eigenvalue weighted by atomic mass is 10.0. The Kier molecular flexibility index (Phi) is 5.44. The fraction of sp³-hybridized carbons (Fsp3) is 0.263. The van der Waals surface area contributed by atoms with E-state index in [9.17, 15) is 4.79 Å². The van der Waals surface area contributed by atoms with Crippen LogP contribution in [0, 0.1) is 0 Å². The number of nitrogens with one attached hydrogen (secondary N) is 2. The third-order valence-corrected chi connectivity index (χ3v) is 4.71. The Bertz CT molecular complexity index is 911. The van der Waals surface area contributed by atoms with Gasteiger partial charge >= 0.3 is 0 Å². The molecule has 7 heteroatoms. The molecule has 1 amide bonds. The third-order valence-electron chi connectivity index (χ3n) is 4.71. The molecule has 26 heavy (non-hydrogen) atoms. The quantitative estimate of drug-likeness (QED) is 0.741. The highest BCUT2D eigenvalue weighted by atomic mass is 35.5. The molecule has 1 unspecified atom stereocenters. The lowest BCUT2D eigenvalue weighted by molar-refractivity contribution is 0.0633. The number of hydrogen-bond donors (Lipinski definition) is 2. The Balaban J connectivity index is 0.00000196. The van der Waals surface area contributed by atoms with Crippen molar-refractivity contribution in [1.82, 2.24) is 20.4 Å². The number of ether oxygens (including phenoxy) is 1. The van der Waals surface area contributed by atoms with Crippen LogP contribution in [0.3, 0.4) is 0 Å². The van der Waals surface area contributed by atoms with Crippen LogP contribution in [0.2, 0.25) is 0 Å². The van der Waals surface area contributed by atoms with Crippen LogP contribution in [-0.2, 0) is 0 Å². The van der Waals surface area contributed by atoms with Gasteiger partial charge in [0.2, 0.25) is 0 Å². The van der Waals surface area contributed by atoms with E-state index in [0.717, 1.165) is 28.8 Å². The molecule has 1 aliphatic rings. The number of benzene rings is 2. The molecule has 3 aromatic rings. The molecule has 4 rings (SSSR count). The highest BCUT2D eigenvalue weighted by Gasteiger charge is 2.31. The Labute approximate surface area is 157 Å². The number of carbonyl (C=O) groups excluding carboxylic acids is 1. The maximum atomic E-state index is 13.3. The molecule has 1 saturated heterocycles. The average Bonchev–Trinajstić information content (AvgIpc) is 3.16. The number of hydrogen-bond acceptors (Lipinski definition) is 4. The zero-order valence-electron chi connectivity index (χ0n) is 14.4. The largest absolute Gasteiger partial charge is 0.496 e. The summed E-state index contributed by atoms with van der Waals surface area (Å²) in [5, 5.41) is 11.3. The summed E-state index contributed by atoms with van der Waals surface area (Å²) in [5.41, 5.74) is 2.45. The Morgan fingerprint density at radius 3 is 2.92 bits per heavy atom. The molecule has 0 radical (unpaired) electrons. The maximum absolute atomic E-state index is 13.3. The zero-order chi connectivity index (χ0) is 17.2. The fourth-order valence-electron chi connectivity index (χ4n) is 3.47. The number of aromatic nitrogens is 2. The number of para-hydroxylation sites is 2. The summed E-state index contributed by atoms with van der Waals surface area (Å²) in [6.07, 6.45) is 1.74. The first-order valence-electron chi connectivity index (χ1n) is 8.36. The van der Waals surface area contributed by atoms with E-state index in [2.05, 4.69) is 15.5 Å². The molecule has 2 N–H and O–H groups in total. The summed E-state index contributed by atoms with van der Waals surface area (Å²) in [4.78, 5) is 15.2. The van der Waals surface area contributed by atoms with Crippen LogP contribution < -0.4 is 10.1 Å². The van der Waals surface area contributed by atoms with Crippen LogP contribution in [-0.4, -0.2) is 47.7 Å². The summed E-state index contributed by atoms with van der Waals surface area (Å²) in [5.74, 6) is 0.806. The summed E-state index contributed by atoms with van der Waals surface area (Å²) >= 11 is 0. The number of rotatable bonds is 3. The van der Waals surface area contributed by atoms with Gasteiger partial charge in [0, 0.05) is 30.6 Å². The molecule has 136 valence electrons. The smallest absolute Gasteiger partial charge is 0.256 e. The van der Waals surface area contributed by atoms with Crippen LogP contribution in [0.1, 0.15) is 22.0 Å². The van der Waals surface area contributed by atoms with Crippen LogP contribution in [0.4, 0.5) is 0 Å². The summed E-state index contributed by atoms with van der Waals surface area (Å²) in [7, 11) is 1.66. The van der Waals surface area contributed by atoms with Crippen LogP contribution in [0.15, 0.2) is 48.7 Å². The molecule has 0 bridgehead atoms. The molecule has 1 fully saturated rings. The van der Waals surface area contributed by atoms with Crippen LogP contribution in [0.25, 0.3) is 10.9 Å². The van der Waals surface area contributed by atoms with Gasteiger partial charge in [0.15, 0.2) is 0 Å². The molecule has 1 aliphatic heterocycles. The average molecular weight is 373 g/mol. The monoisotopic (exact) mass is 372 g/mol. The number of fused-ring (bicyclic) bond motifs is 1. The molecule has 2 heterocycles. The van der Waals surface area contributed by atoms with Gasteiger partial charge in [0.25, 0.3) is 5.91 Å². The first-order valence-corrected chi connectivity index (χ1v) is 8.36. The zero-order valence-corrected chi connectivity index (χ0v) is 15.3. The molecule has 6 nitrogen and oxygen atoms in total. The van der Waals surface area contributed by atoms with Crippen molar-refractivity contribution in [3.63, 3.8) is 0 Å². The number of amides is 1. The minimum Gasteiger partial charge on any atom is -0.496 e. The summed E-state index contributed by atoms with van der Waals surface area (Å²) < 4.78 is 5.51. The topological polar surface area (TPSA) is 70.2 Å². The van der Waals surface area contributed by atoms with Crippen molar-refractivity contribution in [2.75, 3.05) is 26.7 Å². The Morgan fingerprint density at radius 1 is 1.23 bits per heavy atom. The number of methoxy groups -OCH3 is 1. The second kappa shape index (κ2) is 7.76. The van der Waals surface area contributed by atoms with E-state index in [4.69, 9.17) is 4.74 Å². The minimum atomic E-state index is -0.0735. The first-order chi connectivity index (χ1) is 12.3. The maximum Gasteiger partial charge on any atom is 0.256 e. The van der Waals surface area contributed by atoms with E-state index in [1.807, 2.05) is 47.4 Å². The van der Waals surface area contributed by atoms with Gasteiger partial charge in [-0.15, -0.1) is 12.4 Å². The predicted molar refractivity (Wildman–Crippen MR) is 103 cm³/mol. The van der Waals surface area contributed by atoms with Crippen molar-refractivity contribution in [2.45, 2.75) is 6.04 Å². The van der Waals surface area contributed by atoms with E-state index in [1.54, 1.807) is 13.3 Å². The lowest BCUT2D eigenvalue weighted by Gasteiger charge is -2.37. The number of aromatic amines is 1. The second-order valence-corrected chi connectivity index (χ2v) is 6.10. The van der Waals surface area contributed by atoms with Gasteiger partial charge in [-0.2, -0.15) is 5.10 Å². The number of nitrogens with zero attached hydrogens (tertiary/aromatic N) is 2. The van der Waals surface area contributed by atoms with Crippen molar-refractivity contribution >= 4 is 29.2 Å². The predicted octanol–water partition coefficient (Wildman–Crippen LogP) is 2.78. The molecular weight excluding hydrogens is 352 g/mol. The van der Waals surface area contributed by atoms with Crippen molar-refractivity contribution in [3.05, 3.63) is 59.8 Å². The Morgan fingerprint density at radius 2 is 2.08 bits per heavy atom. The highest BCUT2D eigenvalue weighted by molar-refractivity contribution is 6.05. The fourth-order valence-corrected chi connectivity index (χ4v) is 3.47. The molecule has 0 aliphatic carbocycles. The number of piperazine rings is 1. The summed E-state index contributed by atoms with van der Waals surface area (Å²) in [6.45, 7) is 2.12. The van der Waals surface area contributed by atoms with Gasteiger partial charge in [-0.25, -0.2) is 0 Å². The van der Waals surface area contributed by atoms with E-state index in [0.29, 0.717) is 18.7 Å². The Hall–Kier alpha value is -2.57.